The van der Waals surface area contributed by atoms with Crippen molar-refractivity contribution in [3.05, 3.63) is 130 Å². The summed E-state index contributed by atoms with van der Waals surface area (Å²) in [4.78, 5) is 66.4. The molecule has 18 nitrogen and oxygen atoms in total. The Bertz CT molecular complexity index is 3200. The molecule has 4 aromatic carbocycles. The monoisotopic (exact) mass is 1620 g/mol. The predicted molar refractivity (Wildman–Crippen MR) is 355 cm³/mol. The second-order valence-electron chi connectivity index (χ2n) is 20.4. The third kappa shape index (κ3) is 17.7. The minimum atomic E-state index is -4.09. The van der Waals surface area contributed by atoms with E-state index in [1.807, 2.05) is 88.3 Å². The van der Waals surface area contributed by atoms with Gasteiger partial charge in [0.15, 0.2) is 0 Å². The SMILES string of the molecule is C.CCN(CC)C(=O)c1ccc(C2=CC3(CCN(C(=O)OC(C)(C)C)CC3)Oc3ccc(S(=O)(=O)NC(C)=O)cc32)cc1.CCN(CC)C(=O)c1ccc(C2=CC3(CCNCC3)Oc3ccc(S(=O)(=O)NC(C)=O)cc32)cc1.II.II. The topological polar surface area (TPSA) is 227 Å². The van der Waals surface area contributed by atoms with E-state index in [2.05, 4.69) is 85.9 Å². The number of nitrogens with one attached hydrogen (secondary N) is 3. The third-order valence-electron chi connectivity index (χ3n) is 13.8. The van der Waals surface area contributed by atoms with Crippen LogP contribution >= 0.6 is 74.5 Å². The quantitative estimate of drug-likeness (QED) is 0.112. The lowest BCUT2D eigenvalue weighted by atomic mass is 9.83. The van der Waals surface area contributed by atoms with Crippen molar-refractivity contribution in [2.24, 2.45) is 0 Å². The number of ether oxygens (including phenoxy) is 3. The van der Waals surface area contributed by atoms with Gasteiger partial charge in [-0.05, 0) is 157 Å². The molecule has 4 aliphatic heterocycles. The Morgan fingerprint density at radius 3 is 1.28 bits per heavy atom. The molecule has 8 rings (SSSR count). The number of hydrogen-bond donors (Lipinski definition) is 3. The van der Waals surface area contributed by atoms with E-state index < -0.39 is 48.7 Å². The van der Waals surface area contributed by atoms with Crippen molar-refractivity contribution in [1.29, 1.82) is 0 Å². The fraction of sp³-hybridized carbons (Fsp3) is 0.431. The number of rotatable bonds is 12. The van der Waals surface area contributed by atoms with Crippen LogP contribution in [0.4, 0.5) is 4.79 Å². The van der Waals surface area contributed by atoms with E-state index >= 15 is 0 Å². The van der Waals surface area contributed by atoms with Gasteiger partial charge in [-0.15, -0.1) is 0 Å². The summed E-state index contributed by atoms with van der Waals surface area (Å²) in [6, 6.07) is 23.7. The average Bonchev–Trinajstić information content (AvgIpc) is 3.21. The number of benzene rings is 4. The normalized spacial score (nSPS) is 15.5. The van der Waals surface area contributed by atoms with Crippen molar-refractivity contribution in [2.45, 2.75) is 122 Å². The first-order chi connectivity index (χ1) is 38.3. The van der Waals surface area contributed by atoms with Gasteiger partial charge in [0.2, 0.25) is 11.8 Å². The third-order valence-corrected chi connectivity index (χ3v) is 16.7. The van der Waals surface area contributed by atoms with E-state index in [1.54, 1.807) is 51.1 Å². The van der Waals surface area contributed by atoms with Crippen LogP contribution in [0.15, 0.2) is 107 Å². The molecule has 0 radical (unpaired) electrons. The maximum absolute atomic E-state index is 12.9. The zero-order chi connectivity index (χ0) is 60.1. The molecule has 0 atom stereocenters. The van der Waals surface area contributed by atoms with Gasteiger partial charge in [-0.25, -0.2) is 31.1 Å². The van der Waals surface area contributed by atoms with E-state index in [1.165, 1.54) is 24.3 Å². The van der Waals surface area contributed by atoms with Crippen molar-refractivity contribution in [3.8, 4) is 11.5 Å². The molecule has 5 amide bonds. The van der Waals surface area contributed by atoms with Crippen LogP contribution in [0.1, 0.15) is 138 Å². The number of sulfonamides is 2. The van der Waals surface area contributed by atoms with Gasteiger partial charge in [0.25, 0.3) is 31.9 Å². The number of nitrogens with zero attached hydrogens (tertiary/aromatic N) is 3. The maximum atomic E-state index is 12.9. The van der Waals surface area contributed by atoms with Gasteiger partial charge in [-0.2, -0.15) is 0 Å². The van der Waals surface area contributed by atoms with Gasteiger partial charge in [0, 0.05) is 176 Å². The minimum absolute atomic E-state index is 0. The molecule has 0 saturated carbocycles. The largest absolute Gasteiger partial charge is 0.482 e. The standard InChI is InChI=1S/C31H39N3O7S.C26H31N3O5S.CH4.2I2/c1-7-33(8-2)28(36)23-11-9-22(10-12-23)26-20-31(15-17-34(18-16-31)29(37)41-30(4,5)6)40-27-14-13-24(19-25(26)27)42(38,39)32-21(3)35;1-4-29(5-2)25(31)20-8-6-19(7-9-20)23-17-26(12-14-27-15-13-26)34-24-11-10-21(16-22(23)24)35(32,33)28-18(3)30;;2*1-2/h9-14,19-20H,7-8,15-18H2,1-6H3,(H,32,35);6-11,16-17,27H,4-5,12-15H2,1-3H3,(H,28,30);1H4;;. The summed E-state index contributed by atoms with van der Waals surface area (Å²) in [5.41, 5.74) is 3.70. The molecule has 0 aliphatic carbocycles. The van der Waals surface area contributed by atoms with Gasteiger partial charge >= 0.3 is 6.09 Å². The first kappa shape index (κ1) is 70.4. The van der Waals surface area contributed by atoms with E-state index in [0.717, 1.165) is 62.1 Å². The molecule has 2 saturated heterocycles. The van der Waals surface area contributed by atoms with E-state index in [4.69, 9.17) is 14.2 Å². The lowest BCUT2D eigenvalue weighted by Gasteiger charge is -2.43. The van der Waals surface area contributed by atoms with Crippen LogP contribution < -0.4 is 24.2 Å². The van der Waals surface area contributed by atoms with Crippen molar-refractivity contribution < 1.29 is 55.0 Å². The molecule has 0 unspecified atom stereocenters. The van der Waals surface area contributed by atoms with Crippen LogP contribution in [0, 0.1) is 0 Å². The van der Waals surface area contributed by atoms with Gasteiger partial charge in [0.1, 0.15) is 28.3 Å². The highest BCUT2D eigenvalue weighted by molar-refractivity contribution is 15.0. The highest BCUT2D eigenvalue weighted by Gasteiger charge is 2.42. The zero-order valence-corrected chi connectivity index (χ0v) is 57.1. The summed E-state index contributed by atoms with van der Waals surface area (Å²) in [6.45, 7) is 20.5. The molecular formula is C58H74I4N6O12S2. The summed E-state index contributed by atoms with van der Waals surface area (Å²) >= 11 is 8.48. The molecule has 3 N–H and O–H groups in total. The number of carbonyl (C=O) groups excluding carboxylic acids is 5. The fourth-order valence-electron chi connectivity index (χ4n) is 9.81. The van der Waals surface area contributed by atoms with E-state index in [-0.39, 0.29) is 35.1 Å². The van der Waals surface area contributed by atoms with Crippen LogP contribution in [0.25, 0.3) is 11.1 Å². The Kier molecular flexibility index (Phi) is 26.4. The smallest absolute Gasteiger partial charge is 0.410 e. The summed E-state index contributed by atoms with van der Waals surface area (Å²) < 4.78 is 73.5. The molecule has 2 spiro atoms. The number of amides is 5. The van der Waals surface area contributed by atoms with E-state index in [0.29, 0.717) is 85.9 Å². The van der Waals surface area contributed by atoms with Crippen molar-refractivity contribution in [3.63, 3.8) is 0 Å². The summed E-state index contributed by atoms with van der Waals surface area (Å²) in [5.74, 6) is -0.359. The van der Waals surface area contributed by atoms with Crippen LogP contribution in [0.2, 0.25) is 0 Å². The summed E-state index contributed by atoms with van der Waals surface area (Å²) in [5, 5.41) is 3.35. The van der Waals surface area contributed by atoms with Crippen molar-refractivity contribution >= 4 is 135 Å². The van der Waals surface area contributed by atoms with Crippen LogP contribution in [-0.2, 0) is 34.4 Å². The van der Waals surface area contributed by atoms with Crippen molar-refractivity contribution in [1.82, 2.24) is 29.5 Å². The highest BCUT2D eigenvalue weighted by Crippen LogP contribution is 2.46. The van der Waals surface area contributed by atoms with Crippen LogP contribution in [-0.4, -0.2) is 130 Å². The first-order valence-corrected chi connectivity index (χ1v) is 41.8. The lowest BCUT2D eigenvalue weighted by molar-refractivity contribution is -0.118. The summed E-state index contributed by atoms with van der Waals surface area (Å²) in [7, 11) is -8.10. The Morgan fingerprint density at radius 1 is 0.598 bits per heavy atom. The van der Waals surface area contributed by atoms with Gasteiger partial charge in [0.05, 0.1) is 9.79 Å². The minimum Gasteiger partial charge on any atom is -0.482 e. The Balaban J connectivity index is 0.000000333. The second-order valence-corrected chi connectivity index (χ2v) is 23.8. The molecule has 0 bridgehead atoms. The molecular weight excluding hydrogens is 1540 g/mol. The predicted octanol–water partition coefficient (Wildman–Crippen LogP) is 11.7. The molecule has 24 heteroatoms. The number of piperidine rings is 2. The summed E-state index contributed by atoms with van der Waals surface area (Å²) in [6.07, 6.45) is 6.24. The first-order valence-electron chi connectivity index (χ1n) is 26.3. The molecule has 2 fully saturated rings. The molecule has 4 heterocycles. The fourth-order valence-corrected chi connectivity index (χ4v) is 11.8. The number of hydrogen-bond acceptors (Lipinski definition) is 13. The Hall–Kier alpha value is -4.11. The zero-order valence-electron chi connectivity index (χ0n) is 46.8. The lowest BCUT2D eigenvalue weighted by Crippen LogP contribution is -2.50. The molecule has 4 aliphatic rings. The molecule has 0 aromatic heterocycles. The van der Waals surface area contributed by atoms with E-state index in [9.17, 15) is 40.8 Å². The highest BCUT2D eigenvalue weighted by atomic mass is 128. The average molecular weight is 1620 g/mol. The number of fused-ring (bicyclic) bond motifs is 2. The number of halogens is 4. The Labute approximate surface area is 530 Å². The van der Waals surface area contributed by atoms with Crippen LogP contribution in [0.5, 0.6) is 11.5 Å². The van der Waals surface area contributed by atoms with Gasteiger partial charge < -0.3 is 34.2 Å². The molecule has 448 valence electrons. The van der Waals surface area contributed by atoms with Crippen molar-refractivity contribution in [2.75, 3.05) is 52.4 Å². The maximum Gasteiger partial charge on any atom is 0.410 e. The molecule has 82 heavy (non-hydrogen) atoms. The van der Waals surface area contributed by atoms with Crippen LogP contribution in [0.3, 0.4) is 0 Å². The second kappa shape index (κ2) is 30.8. The number of carbonyl (C=O) groups is 5. The molecule has 4 aromatic rings. The van der Waals surface area contributed by atoms with Gasteiger partial charge in [-0.1, -0.05) is 31.7 Å². The Morgan fingerprint density at radius 2 is 0.951 bits per heavy atom. The number of likely N-dealkylation sites (tertiary alicyclic amines) is 1. The van der Waals surface area contributed by atoms with Gasteiger partial charge in [-0.3, -0.25) is 19.2 Å².